The lowest BCUT2D eigenvalue weighted by Crippen LogP contribution is -2.25. The summed E-state index contributed by atoms with van der Waals surface area (Å²) in [5.41, 5.74) is 0.997. The van der Waals surface area contributed by atoms with Gasteiger partial charge in [-0.1, -0.05) is 29.8 Å². The van der Waals surface area contributed by atoms with Gasteiger partial charge in [-0.05, 0) is 65.4 Å². The van der Waals surface area contributed by atoms with Gasteiger partial charge < -0.3 is 4.74 Å². The second kappa shape index (κ2) is 7.09. The van der Waals surface area contributed by atoms with E-state index in [9.17, 15) is 4.79 Å². The Kier molecular flexibility index (Phi) is 5.43. The standard InChI is InChI=1S/C16H14ClIO2/c1-11(20-15-4-2-3-13(17)10-15)16(19)9-12-5-7-14(18)8-6-12/h2-8,10-11H,9H2,1H3. The van der Waals surface area contributed by atoms with Crippen LogP contribution in [0.1, 0.15) is 12.5 Å². The molecule has 0 aliphatic heterocycles. The molecule has 1 atom stereocenters. The van der Waals surface area contributed by atoms with Crippen LogP contribution in [0.4, 0.5) is 0 Å². The Morgan fingerprint density at radius 1 is 1.25 bits per heavy atom. The Bertz CT molecular complexity index is 596. The van der Waals surface area contributed by atoms with Gasteiger partial charge in [-0.25, -0.2) is 0 Å². The molecule has 0 amide bonds. The van der Waals surface area contributed by atoms with Crippen molar-refractivity contribution in [1.29, 1.82) is 0 Å². The highest BCUT2D eigenvalue weighted by atomic mass is 127. The van der Waals surface area contributed by atoms with E-state index in [0.717, 1.165) is 9.13 Å². The van der Waals surface area contributed by atoms with Crippen LogP contribution in [0.15, 0.2) is 48.5 Å². The van der Waals surface area contributed by atoms with Crippen LogP contribution in [0.3, 0.4) is 0 Å². The fourth-order valence-electron chi connectivity index (χ4n) is 1.76. The predicted molar refractivity (Wildman–Crippen MR) is 89.4 cm³/mol. The van der Waals surface area contributed by atoms with Crippen LogP contribution >= 0.6 is 34.2 Å². The highest BCUT2D eigenvalue weighted by molar-refractivity contribution is 14.1. The fourth-order valence-corrected chi connectivity index (χ4v) is 2.30. The number of rotatable bonds is 5. The zero-order valence-electron chi connectivity index (χ0n) is 11.0. The molecule has 0 saturated carbocycles. The zero-order chi connectivity index (χ0) is 14.5. The van der Waals surface area contributed by atoms with Gasteiger partial charge in [0.2, 0.25) is 0 Å². The van der Waals surface area contributed by atoms with Crippen LogP contribution < -0.4 is 4.74 Å². The summed E-state index contributed by atoms with van der Waals surface area (Å²) < 4.78 is 6.77. The quantitative estimate of drug-likeness (QED) is 0.690. The van der Waals surface area contributed by atoms with Gasteiger partial charge in [-0.2, -0.15) is 0 Å². The summed E-state index contributed by atoms with van der Waals surface area (Å²) in [7, 11) is 0. The Morgan fingerprint density at radius 2 is 1.95 bits per heavy atom. The molecular formula is C16H14ClIO2. The van der Waals surface area contributed by atoms with Crippen molar-refractivity contribution in [3.63, 3.8) is 0 Å². The first-order chi connectivity index (χ1) is 9.54. The molecule has 0 saturated heterocycles. The van der Waals surface area contributed by atoms with E-state index in [1.165, 1.54) is 0 Å². The molecule has 0 aliphatic rings. The van der Waals surface area contributed by atoms with Crippen molar-refractivity contribution >= 4 is 40.0 Å². The van der Waals surface area contributed by atoms with E-state index < -0.39 is 6.10 Å². The molecule has 2 nitrogen and oxygen atoms in total. The summed E-state index contributed by atoms with van der Waals surface area (Å²) >= 11 is 8.13. The number of Topliss-reactive ketones (excluding diaryl/α,β-unsaturated/α-hetero) is 1. The third-order valence-electron chi connectivity index (χ3n) is 2.85. The SMILES string of the molecule is CC(Oc1cccc(Cl)c1)C(=O)Cc1ccc(I)cc1. The summed E-state index contributed by atoms with van der Waals surface area (Å²) in [6, 6.07) is 15.0. The number of carbonyl (C=O) groups excluding carboxylic acids is 1. The van der Waals surface area contributed by atoms with Gasteiger partial charge >= 0.3 is 0 Å². The molecule has 0 aliphatic carbocycles. The van der Waals surface area contributed by atoms with Gasteiger partial charge in [0.1, 0.15) is 5.75 Å². The van der Waals surface area contributed by atoms with E-state index >= 15 is 0 Å². The lowest BCUT2D eigenvalue weighted by atomic mass is 10.1. The summed E-state index contributed by atoms with van der Waals surface area (Å²) in [4.78, 5) is 12.1. The average Bonchev–Trinajstić information content (AvgIpc) is 2.41. The molecule has 0 bridgehead atoms. The van der Waals surface area contributed by atoms with Gasteiger partial charge in [0.05, 0.1) is 0 Å². The second-order valence-electron chi connectivity index (χ2n) is 4.49. The van der Waals surface area contributed by atoms with Gasteiger partial charge in [0.15, 0.2) is 11.9 Å². The predicted octanol–water partition coefficient (Wildman–Crippen LogP) is 4.52. The summed E-state index contributed by atoms with van der Waals surface area (Å²) in [5, 5.41) is 0.597. The molecule has 2 aromatic rings. The van der Waals surface area contributed by atoms with E-state index in [-0.39, 0.29) is 5.78 Å². The molecule has 2 rings (SSSR count). The second-order valence-corrected chi connectivity index (χ2v) is 6.17. The van der Waals surface area contributed by atoms with Crippen molar-refractivity contribution in [3.05, 3.63) is 62.7 Å². The normalized spacial score (nSPS) is 11.9. The van der Waals surface area contributed by atoms with Crippen molar-refractivity contribution in [2.24, 2.45) is 0 Å². The molecule has 0 spiro atoms. The Morgan fingerprint density at radius 3 is 2.60 bits per heavy atom. The van der Waals surface area contributed by atoms with Crippen molar-refractivity contribution in [2.75, 3.05) is 0 Å². The Balaban J connectivity index is 1.96. The minimum Gasteiger partial charge on any atom is -0.483 e. The fraction of sp³-hybridized carbons (Fsp3) is 0.188. The van der Waals surface area contributed by atoms with E-state index in [1.54, 1.807) is 31.2 Å². The number of ketones is 1. The number of hydrogen-bond acceptors (Lipinski definition) is 2. The summed E-state index contributed by atoms with van der Waals surface area (Å²) in [6.07, 6.45) is -0.119. The summed E-state index contributed by atoms with van der Waals surface area (Å²) in [6.45, 7) is 1.76. The molecule has 2 aromatic carbocycles. The average molecular weight is 401 g/mol. The summed E-state index contributed by atoms with van der Waals surface area (Å²) in [5.74, 6) is 0.659. The van der Waals surface area contributed by atoms with Crippen LogP contribution in [0.25, 0.3) is 0 Å². The number of benzene rings is 2. The number of halogens is 2. The van der Waals surface area contributed by atoms with Crippen molar-refractivity contribution in [2.45, 2.75) is 19.4 Å². The Labute approximate surface area is 137 Å². The minimum atomic E-state index is -0.493. The maximum atomic E-state index is 12.1. The smallest absolute Gasteiger partial charge is 0.177 e. The van der Waals surface area contributed by atoms with Crippen LogP contribution in [-0.4, -0.2) is 11.9 Å². The van der Waals surface area contributed by atoms with Crippen LogP contribution in [0.2, 0.25) is 5.02 Å². The molecule has 0 heterocycles. The van der Waals surface area contributed by atoms with Crippen molar-refractivity contribution in [1.82, 2.24) is 0 Å². The maximum Gasteiger partial charge on any atom is 0.177 e. The van der Waals surface area contributed by atoms with Crippen molar-refractivity contribution < 1.29 is 9.53 Å². The Hall–Kier alpha value is -1.07. The van der Waals surface area contributed by atoms with Gasteiger partial charge in [-0.15, -0.1) is 0 Å². The van der Waals surface area contributed by atoms with Gasteiger partial charge in [-0.3, -0.25) is 4.79 Å². The molecule has 0 fully saturated rings. The highest BCUT2D eigenvalue weighted by Crippen LogP contribution is 2.19. The van der Waals surface area contributed by atoms with Crippen molar-refractivity contribution in [3.8, 4) is 5.75 Å². The first-order valence-corrected chi connectivity index (χ1v) is 7.69. The van der Waals surface area contributed by atoms with Gasteiger partial charge in [0.25, 0.3) is 0 Å². The molecule has 104 valence electrons. The van der Waals surface area contributed by atoms with Crippen LogP contribution in [0.5, 0.6) is 5.75 Å². The molecule has 20 heavy (non-hydrogen) atoms. The van der Waals surface area contributed by atoms with E-state index in [4.69, 9.17) is 16.3 Å². The zero-order valence-corrected chi connectivity index (χ0v) is 13.9. The molecule has 1 unspecified atom stereocenters. The van der Waals surface area contributed by atoms with Crippen LogP contribution in [-0.2, 0) is 11.2 Å². The largest absolute Gasteiger partial charge is 0.483 e. The number of hydrogen-bond donors (Lipinski definition) is 0. The van der Waals surface area contributed by atoms with E-state index in [1.807, 2.05) is 24.3 Å². The number of ether oxygens (including phenoxy) is 1. The molecule has 0 N–H and O–H groups in total. The molecule has 4 heteroatoms. The lowest BCUT2D eigenvalue weighted by molar-refractivity contribution is -0.124. The minimum absolute atomic E-state index is 0.0474. The first kappa shape index (κ1) is 15.3. The third kappa shape index (κ3) is 4.49. The lowest BCUT2D eigenvalue weighted by Gasteiger charge is -2.14. The topological polar surface area (TPSA) is 26.3 Å². The third-order valence-corrected chi connectivity index (χ3v) is 3.81. The van der Waals surface area contributed by atoms with E-state index in [0.29, 0.717) is 17.2 Å². The number of carbonyl (C=O) groups is 1. The maximum absolute atomic E-state index is 12.1. The van der Waals surface area contributed by atoms with Crippen LogP contribution in [0, 0.1) is 3.57 Å². The highest BCUT2D eigenvalue weighted by Gasteiger charge is 2.15. The van der Waals surface area contributed by atoms with E-state index in [2.05, 4.69) is 22.6 Å². The molecular weight excluding hydrogens is 387 g/mol. The first-order valence-electron chi connectivity index (χ1n) is 6.24. The molecule has 0 radical (unpaired) electrons. The van der Waals surface area contributed by atoms with Gasteiger partial charge in [0, 0.05) is 15.0 Å². The monoisotopic (exact) mass is 400 g/mol. The molecule has 0 aromatic heterocycles.